The second-order valence-electron chi connectivity index (χ2n) is 5.25. The van der Waals surface area contributed by atoms with Crippen LogP contribution in [0.1, 0.15) is 36.1 Å². The van der Waals surface area contributed by atoms with Crippen molar-refractivity contribution >= 4 is 22.6 Å². The van der Waals surface area contributed by atoms with Crippen molar-refractivity contribution in [2.75, 3.05) is 6.54 Å². The van der Waals surface area contributed by atoms with E-state index < -0.39 is 0 Å². The van der Waals surface area contributed by atoms with E-state index in [-0.39, 0.29) is 0 Å². The van der Waals surface area contributed by atoms with Gasteiger partial charge in [-0.25, -0.2) is 0 Å². The molecular formula is C18H22IN. The van der Waals surface area contributed by atoms with Gasteiger partial charge in [0.1, 0.15) is 0 Å². The zero-order valence-electron chi connectivity index (χ0n) is 12.2. The van der Waals surface area contributed by atoms with Gasteiger partial charge >= 0.3 is 0 Å². The highest BCUT2D eigenvalue weighted by molar-refractivity contribution is 14.1. The van der Waals surface area contributed by atoms with E-state index >= 15 is 0 Å². The Morgan fingerprint density at radius 2 is 1.65 bits per heavy atom. The summed E-state index contributed by atoms with van der Waals surface area (Å²) in [5, 5.41) is 3.67. The molecule has 2 aromatic rings. The number of nitrogens with one attached hydrogen (secondary N) is 1. The summed E-state index contributed by atoms with van der Waals surface area (Å²) >= 11 is 2.35. The van der Waals surface area contributed by atoms with Crippen LogP contribution >= 0.6 is 22.6 Å². The molecule has 0 aliphatic carbocycles. The molecule has 0 heterocycles. The third-order valence-corrected chi connectivity index (χ3v) is 4.19. The molecule has 0 amide bonds. The maximum absolute atomic E-state index is 3.67. The molecule has 106 valence electrons. The van der Waals surface area contributed by atoms with Crippen LogP contribution in [0.25, 0.3) is 0 Å². The van der Waals surface area contributed by atoms with E-state index in [0.29, 0.717) is 6.04 Å². The predicted octanol–water partition coefficient (Wildman–Crippen LogP) is 4.88. The van der Waals surface area contributed by atoms with Gasteiger partial charge in [0.25, 0.3) is 0 Å². The molecule has 2 rings (SSSR count). The molecule has 0 spiro atoms. The van der Waals surface area contributed by atoms with Gasteiger partial charge in [0.15, 0.2) is 0 Å². The molecule has 20 heavy (non-hydrogen) atoms. The lowest BCUT2D eigenvalue weighted by molar-refractivity contribution is 0.529. The topological polar surface area (TPSA) is 12.0 Å². The molecule has 1 N–H and O–H groups in total. The van der Waals surface area contributed by atoms with E-state index in [2.05, 4.69) is 90.3 Å². The van der Waals surface area contributed by atoms with E-state index in [1.54, 1.807) is 0 Å². The first-order valence-electron chi connectivity index (χ1n) is 7.23. The summed E-state index contributed by atoms with van der Waals surface area (Å²) in [6.45, 7) is 5.41. The third kappa shape index (κ3) is 4.60. The standard InChI is InChI=1S/C18H22IN/c1-3-12-20-18(16-8-4-14(2)5-9-16)13-15-6-10-17(19)11-7-15/h4-11,18,20H,3,12-13H2,1-2H3. The molecule has 0 aromatic heterocycles. The summed E-state index contributed by atoms with van der Waals surface area (Å²) in [5.74, 6) is 0. The molecule has 1 atom stereocenters. The largest absolute Gasteiger partial charge is 0.310 e. The zero-order valence-corrected chi connectivity index (χ0v) is 14.4. The fourth-order valence-electron chi connectivity index (χ4n) is 2.28. The summed E-state index contributed by atoms with van der Waals surface area (Å²) in [6, 6.07) is 18.1. The lowest BCUT2D eigenvalue weighted by Gasteiger charge is -2.19. The van der Waals surface area contributed by atoms with E-state index in [1.165, 1.54) is 20.3 Å². The summed E-state index contributed by atoms with van der Waals surface area (Å²) in [4.78, 5) is 0. The van der Waals surface area contributed by atoms with Crippen LogP contribution < -0.4 is 5.32 Å². The average molecular weight is 379 g/mol. The third-order valence-electron chi connectivity index (χ3n) is 3.47. The minimum absolute atomic E-state index is 0.399. The first-order chi connectivity index (χ1) is 9.69. The number of aryl methyl sites for hydroxylation is 1. The highest BCUT2D eigenvalue weighted by Gasteiger charge is 2.11. The van der Waals surface area contributed by atoms with Crippen LogP contribution in [-0.2, 0) is 6.42 Å². The van der Waals surface area contributed by atoms with Gasteiger partial charge in [0.2, 0.25) is 0 Å². The van der Waals surface area contributed by atoms with Crippen LogP contribution in [0.4, 0.5) is 0 Å². The number of benzene rings is 2. The average Bonchev–Trinajstić information content (AvgIpc) is 2.46. The summed E-state index contributed by atoms with van der Waals surface area (Å²) < 4.78 is 1.29. The molecule has 2 heteroatoms. The molecular weight excluding hydrogens is 357 g/mol. The van der Waals surface area contributed by atoms with Crippen molar-refractivity contribution in [2.24, 2.45) is 0 Å². The van der Waals surface area contributed by atoms with E-state index in [4.69, 9.17) is 0 Å². The number of hydrogen-bond acceptors (Lipinski definition) is 1. The van der Waals surface area contributed by atoms with Crippen molar-refractivity contribution in [3.05, 3.63) is 68.8 Å². The predicted molar refractivity (Wildman–Crippen MR) is 95.1 cm³/mol. The summed E-state index contributed by atoms with van der Waals surface area (Å²) in [6.07, 6.45) is 2.20. The van der Waals surface area contributed by atoms with Crippen molar-refractivity contribution in [2.45, 2.75) is 32.7 Å². The van der Waals surface area contributed by atoms with Gasteiger partial charge in [0, 0.05) is 9.61 Å². The Balaban J connectivity index is 2.14. The van der Waals surface area contributed by atoms with Gasteiger partial charge in [-0.05, 0) is 72.2 Å². The van der Waals surface area contributed by atoms with Crippen LogP contribution in [0.15, 0.2) is 48.5 Å². The van der Waals surface area contributed by atoms with E-state index in [1.807, 2.05) is 0 Å². The molecule has 1 nitrogen and oxygen atoms in total. The highest BCUT2D eigenvalue weighted by Crippen LogP contribution is 2.20. The van der Waals surface area contributed by atoms with Gasteiger partial charge in [-0.3, -0.25) is 0 Å². The van der Waals surface area contributed by atoms with E-state index in [9.17, 15) is 0 Å². The molecule has 0 bridgehead atoms. The first-order valence-corrected chi connectivity index (χ1v) is 8.31. The minimum atomic E-state index is 0.399. The Labute approximate surface area is 135 Å². The SMILES string of the molecule is CCCNC(Cc1ccc(I)cc1)c1ccc(C)cc1. The second-order valence-corrected chi connectivity index (χ2v) is 6.49. The van der Waals surface area contributed by atoms with Gasteiger partial charge < -0.3 is 5.32 Å². The van der Waals surface area contributed by atoms with Crippen LogP contribution in [0.3, 0.4) is 0 Å². The van der Waals surface area contributed by atoms with Gasteiger partial charge in [-0.1, -0.05) is 48.9 Å². The molecule has 0 saturated carbocycles. The number of hydrogen-bond donors (Lipinski definition) is 1. The van der Waals surface area contributed by atoms with Crippen molar-refractivity contribution < 1.29 is 0 Å². The van der Waals surface area contributed by atoms with Crippen LogP contribution in [0, 0.1) is 10.5 Å². The fourth-order valence-corrected chi connectivity index (χ4v) is 2.64. The molecule has 0 radical (unpaired) electrons. The van der Waals surface area contributed by atoms with Gasteiger partial charge in [-0.2, -0.15) is 0 Å². The molecule has 0 aliphatic rings. The number of halogens is 1. The smallest absolute Gasteiger partial charge is 0.0360 e. The van der Waals surface area contributed by atoms with Crippen LogP contribution in [0.2, 0.25) is 0 Å². The Bertz CT molecular complexity index is 516. The normalized spacial score (nSPS) is 12.3. The van der Waals surface area contributed by atoms with Crippen molar-refractivity contribution in [1.82, 2.24) is 5.32 Å². The van der Waals surface area contributed by atoms with E-state index in [0.717, 1.165) is 19.4 Å². The monoisotopic (exact) mass is 379 g/mol. The maximum atomic E-state index is 3.67. The van der Waals surface area contributed by atoms with Gasteiger partial charge in [0.05, 0.1) is 0 Å². The first kappa shape index (κ1) is 15.5. The molecule has 2 aromatic carbocycles. The van der Waals surface area contributed by atoms with Crippen molar-refractivity contribution in [1.29, 1.82) is 0 Å². The van der Waals surface area contributed by atoms with Crippen molar-refractivity contribution in [3.8, 4) is 0 Å². The maximum Gasteiger partial charge on any atom is 0.0360 e. The molecule has 0 saturated heterocycles. The van der Waals surface area contributed by atoms with Crippen LogP contribution in [-0.4, -0.2) is 6.54 Å². The van der Waals surface area contributed by atoms with Crippen LogP contribution in [0.5, 0.6) is 0 Å². The quantitative estimate of drug-likeness (QED) is 0.706. The lowest BCUT2D eigenvalue weighted by Crippen LogP contribution is -2.24. The highest BCUT2D eigenvalue weighted by atomic mass is 127. The Hall–Kier alpha value is -0.870. The molecule has 0 fully saturated rings. The second kappa shape index (κ2) is 7.79. The minimum Gasteiger partial charge on any atom is -0.310 e. The summed E-state index contributed by atoms with van der Waals surface area (Å²) in [5.41, 5.74) is 4.08. The Morgan fingerprint density at radius 3 is 2.25 bits per heavy atom. The molecule has 1 unspecified atom stereocenters. The number of rotatable bonds is 6. The lowest BCUT2D eigenvalue weighted by atomic mass is 9.98. The molecule has 0 aliphatic heterocycles. The van der Waals surface area contributed by atoms with Crippen molar-refractivity contribution in [3.63, 3.8) is 0 Å². The van der Waals surface area contributed by atoms with Gasteiger partial charge in [-0.15, -0.1) is 0 Å². The summed E-state index contributed by atoms with van der Waals surface area (Å²) in [7, 11) is 0. The zero-order chi connectivity index (χ0) is 14.4. The Kier molecular flexibility index (Phi) is 6.05. The fraction of sp³-hybridized carbons (Fsp3) is 0.333. The Morgan fingerprint density at radius 1 is 1.00 bits per heavy atom.